The summed E-state index contributed by atoms with van der Waals surface area (Å²) in [4.78, 5) is 21.8. The zero-order chi connectivity index (χ0) is 17.2. The minimum atomic E-state index is -0.280. The third-order valence-electron chi connectivity index (χ3n) is 4.55. The summed E-state index contributed by atoms with van der Waals surface area (Å²) in [7, 11) is 0. The Morgan fingerprint density at radius 2 is 1.68 bits per heavy atom. The first-order chi connectivity index (χ1) is 12.2. The maximum atomic E-state index is 13.4. The Balaban J connectivity index is 1.54. The third kappa shape index (κ3) is 3.09. The molecular formula is C18H19FN6. The number of anilines is 2. The number of rotatable bonds is 3. The fourth-order valence-corrected chi connectivity index (χ4v) is 3.17. The molecule has 0 atom stereocenters. The average molecular weight is 338 g/mol. The molecular weight excluding hydrogens is 319 g/mol. The van der Waals surface area contributed by atoms with E-state index in [1.807, 2.05) is 0 Å². The van der Waals surface area contributed by atoms with Crippen LogP contribution in [-0.2, 0) is 6.42 Å². The van der Waals surface area contributed by atoms with Crippen LogP contribution in [0.25, 0.3) is 10.9 Å². The monoisotopic (exact) mass is 338 g/mol. The zero-order valence-electron chi connectivity index (χ0n) is 14.1. The van der Waals surface area contributed by atoms with Gasteiger partial charge in [0.15, 0.2) is 0 Å². The number of hydrogen-bond acceptors (Lipinski definition) is 6. The first-order valence-corrected chi connectivity index (χ1v) is 8.45. The second-order valence-corrected chi connectivity index (χ2v) is 6.05. The highest BCUT2D eigenvalue weighted by molar-refractivity contribution is 5.89. The van der Waals surface area contributed by atoms with Crippen molar-refractivity contribution in [1.29, 1.82) is 0 Å². The Kier molecular flexibility index (Phi) is 4.13. The Morgan fingerprint density at radius 3 is 2.48 bits per heavy atom. The molecule has 1 aromatic carbocycles. The van der Waals surface area contributed by atoms with Gasteiger partial charge in [0.05, 0.1) is 5.52 Å². The molecule has 0 N–H and O–H groups in total. The van der Waals surface area contributed by atoms with E-state index in [0.29, 0.717) is 5.52 Å². The number of aryl methyl sites for hydroxylation is 1. The fourth-order valence-electron chi connectivity index (χ4n) is 3.17. The Hall–Kier alpha value is -2.83. The van der Waals surface area contributed by atoms with Crippen molar-refractivity contribution in [2.45, 2.75) is 13.3 Å². The van der Waals surface area contributed by atoms with E-state index in [1.54, 1.807) is 12.4 Å². The van der Waals surface area contributed by atoms with Crippen molar-refractivity contribution in [2.75, 3.05) is 36.0 Å². The molecule has 1 aliphatic rings. The van der Waals surface area contributed by atoms with Gasteiger partial charge in [0, 0.05) is 49.4 Å². The van der Waals surface area contributed by atoms with Gasteiger partial charge in [0.1, 0.15) is 30.1 Å². The molecule has 2 aromatic heterocycles. The van der Waals surface area contributed by atoms with Crippen LogP contribution in [0.15, 0.2) is 36.9 Å². The standard InChI is InChI=1S/C18H19FN6/c1-2-14-10-17(22-11-20-14)24-5-7-25(8-6-24)18-15-4-3-13(19)9-16(15)21-12-23-18/h3-4,9-12H,2,5-8H2,1H3. The predicted octanol–water partition coefficient (Wildman–Crippen LogP) is 2.45. The van der Waals surface area contributed by atoms with Crippen LogP contribution in [0, 0.1) is 5.82 Å². The van der Waals surface area contributed by atoms with Crippen LogP contribution in [0.2, 0.25) is 0 Å². The molecule has 0 bridgehead atoms. The predicted molar refractivity (Wildman–Crippen MR) is 95.3 cm³/mol. The van der Waals surface area contributed by atoms with Gasteiger partial charge in [-0.2, -0.15) is 0 Å². The molecule has 25 heavy (non-hydrogen) atoms. The third-order valence-corrected chi connectivity index (χ3v) is 4.55. The molecule has 3 aromatic rings. The van der Waals surface area contributed by atoms with Gasteiger partial charge >= 0.3 is 0 Å². The summed E-state index contributed by atoms with van der Waals surface area (Å²) in [6.07, 6.45) is 4.04. The first kappa shape index (κ1) is 15.7. The van der Waals surface area contributed by atoms with Crippen molar-refractivity contribution in [1.82, 2.24) is 19.9 Å². The summed E-state index contributed by atoms with van der Waals surface area (Å²) in [5.74, 6) is 1.56. The maximum Gasteiger partial charge on any atom is 0.140 e. The molecule has 1 fully saturated rings. The minimum Gasteiger partial charge on any atom is -0.353 e. The summed E-state index contributed by atoms with van der Waals surface area (Å²) in [6.45, 7) is 5.46. The number of hydrogen-bond donors (Lipinski definition) is 0. The van der Waals surface area contributed by atoms with Crippen molar-refractivity contribution in [3.8, 4) is 0 Å². The van der Waals surface area contributed by atoms with Gasteiger partial charge in [-0.1, -0.05) is 6.92 Å². The van der Waals surface area contributed by atoms with Crippen molar-refractivity contribution in [3.05, 3.63) is 48.4 Å². The van der Waals surface area contributed by atoms with Gasteiger partial charge in [0.2, 0.25) is 0 Å². The van der Waals surface area contributed by atoms with E-state index in [9.17, 15) is 4.39 Å². The summed E-state index contributed by atoms with van der Waals surface area (Å²) < 4.78 is 13.4. The van der Waals surface area contributed by atoms with Crippen molar-refractivity contribution in [3.63, 3.8) is 0 Å². The Bertz CT molecular complexity index is 892. The number of nitrogens with zero attached hydrogens (tertiary/aromatic N) is 6. The highest BCUT2D eigenvalue weighted by Gasteiger charge is 2.21. The lowest BCUT2D eigenvalue weighted by atomic mass is 10.2. The average Bonchev–Trinajstić information content (AvgIpc) is 2.67. The number of piperazine rings is 1. The number of aromatic nitrogens is 4. The lowest BCUT2D eigenvalue weighted by Crippen LogP contribution is -2.47. The number of benzene rings is 1. The fraction of sp³-hybridized carbons (Fsp3) is 0.333. The maximum absolute atomic E-state index is 13.4. The minimum absolute atomic E-state index is 0.280. The molecule has 0 unspecified atom stereocenters. The Morgan fingerprint density at radius 1 is 0.920 bits per heavy atom. The van der Waals surface area contributed by atoms with E-state index < -0.39 is 0 Å². The normalized spacial score (nSPS) is 15.0. The second-order valence-electron chi connectivity index (χ2n) is 6.05. The van der Waals surface area contributed by atoms with Gasteiger partial charge in [-0.3, -0.25) is 0 Å². The van der Waals surface area contributed by atoms with E-state index in [2.05, 4.69) is 42.7 Å². The van der Waals surface area contributed by atoms with Crippen LogP contribution in [0.3, 0.4) is 0 Å². The summed E-state index contributed by atoms with van der Waals surface area (Å²) in [5.41, 5.74) is 1.69. The molecule has 0 spiro atoms. The molecule has 3 heterocycles. The van der Waals surface area contributed by atoms with Crippen LogP contribution >= 0.6 is 0 Å². The molecule has 0 saturated carbocycles. The molecule has 6 nitrogen and oxygen atoms in total. The van der Waals surface area contributed by atoms with E-state index in [1.165, 1.54) is 18.5 Å². The summed E-state index contributed by atoms with van der Waals surface area (Å²) in [5, 5.41) is 0.882. The van der Waals surface area contributed by atoms with Crippen LogP contribution in [0.1, 0.15) is 12.6 Å². The van der Waals surface area contributed by atoms with Crippen LogP contribution in [-0.4, -0.2) is 46.1 Å². The van der Waals surface area contributed by atoms with Gasteiger partial charge in [-0.15, -0.1) is 0 Å². The van der Waals surface area contributed by atoms with Crippen molar-refractivity contribution < 1.29 is 4.39 Å². The number of fused-ring (bicyclic) bond motifs is 1. The lowest BCUT2D eigenvalue weighted by molar-refractivity contribution is 0.628. The van der Waals surface area contributed by atoms with Crippen LogP contribution in [0.5, 0.6) is 0 Å². The summed E-state index contributed by atoms with van der Waals surface area (Å²) in [6, 6.07) is 6.71. The van der Waals surface area contributed by atoms with Crippen molar-refractivity contribution in [2.24, 2.45) is 0 Å². The molecule has 1 saturated heterocycles. The van der Waals surface area contributed by atoms with E-state index in [-0.39, 0.29) is 5.82 Å². The van der Waals surface area contributed by atoms with Gasteiger partial charge < -0.3 is 9.80 Å². The highest BCUT2D eigenvalue weighted by atomic mass is 19.1. The molecule has 0 radical (unpaired) electrons. The van der Waals surface area contributed by atoms with Gasteiger partial charge in [-0.05, 0) is 18.6 Å². The molecule has 4 rings (SSSR count). The second kappa shape index (κ2) is 6.58. The van der Waals surface area contributed by atoms with E-state index in [4.69, 9.17) is 0 Å². The van der Waals surface area contributed by atoms with Gasteiger partial charge in [-0.25, -0.2) is 24.3 Å². The quantitative estimate of drug-likeness (QED) is 0.731. The zero-order valence-corrected chi connectivity index (χ0v) is 14.1. The first-order valence-electron chi connectivity index (χ1n) is 8.45. The largest absolute Gasteiger partial charge is 0.353 e. The highest BCUT2D eigenvalue weighted by Crippen LogP contribution is 2.25. The SMILES string of the molecule is CCc1cc(N2CCN(c3ncnc4cc(F)ccc34)CC2)ncn1. The van der Waals surface area contributed by atoms with Gasteiger partial charge in [0.25, 0.3) is 0 Å². The lowest BCUT2D eigenvalue weighted by Gasteiger charge is -2.36. The Labute approximate surface area is 145 Å². The van der Waals surface area contributed by atoms with E-state index in [0.717, 1.165) is 55.3 Å². The molecule has 0 amide bonds. The molecule has 7 heteroatoms. The number of halogens is 1. The molecule has 128 valence electrons. The molecule has 0 aliphatic carbocycles. The van der Waals surface area contributed by atoms with E-state index >= 15 is 0 Å². The molecule has 1 aliphatic heterocycles. The van der Waals surface area contributed by atoms with Crippen LogP contribution in [0.4, 0.5) is 16.0 Å². The summed E-state index contributed by atoms with van der Waals surface area (Å²) >= 11 is 0. The topological polar surface area (TPSA) is 58.0 Å². The van der Waals surface area contributed by atoms with Crippen LogP contribution < -0.4 is 9.80 Å². The smallest absolute Gasteiger partial charge is 0.140 e. The van der Waals surface area contributed by atoms with Crippen molar-refractivity contribution >= 4 is 22.5 Å².